The zero-order valence-electron chi connectivity index (χ0n) is 12.1. The van der Waals surface area contributed by atoms with E-state index in [1.165, 1.54) is 0 Å². The zero-order valence-corrected chi connectivity index (χ0v) is 12.9. The van der Waals surface area contributed by atoms with Crippen LogP contribution in [0.15, 0.2) is 11.8 Å². The van der Waals surface area contributed by atoms with Crippen molar-refractivity contribution in [2.75, 3.05) is 19.3 Å². The van der Waals surface area contributed by atoms with Gasteiger partial charge in [0.05, 0.1) is 12.1 Å². The number of hydrogen-bond donors (Lipinski definition) is 4. The first-order chi connectivity index (χ1) is 10.1. The van der Waals surface area contributed by atoms with Crippen molar-refractivity contribution in [1.29, 1.82) is 0 Å². The average Bonchev–Trinajstić information content (AvgIpc) is 2.63. The molecule has 1 fully saturated rings. The standard InChI is InChI=1S/C12H20N4O5S/c1-16-3-7-6(8(4-16)12(13)19)2-9(17)11(7)15-10(18)5-22(14,20)21/h4,6-7,9,11,17H,2-3,5H2,1H3,(H2,13,19)(H,15,18)(H2,14,20,21). The van der Waals surface area contributed by atoms with E-state index in [0.717, 1.165) is 0 Å². The number of primary amides is 1. The first kappa shape index (κ1) is 16.7. The third kappa shape index (κ3) is 3.57. The molecular weight excluding hydrogens is 312 g/mol. The van der Waals surface area contributed by atoms with Crippen molar-refractivity contribution < 1.29 is 23.1 Å². The highest BCUT2D eigenvalue weighted by atomic mass is 32.2. The number of nitrogens with zero attached hydrogens (tertiary/aromatic N) is 1. The van der Waals surface area contributed by atoms with Gasteiger partial charge >= 0.3 is 0 Å². The summed E-state index contributed by atoms with van der Waals surface area (Å²) in [6.07, 6.45) is 1.05. The first-order valence-electron chi connectivity index (χ1n) is 6.78. The van der Waals surface area contributed by atoms with Crippen LogP contribution in [-0.2, 0) is 19.6 Å². The molecule has 1 heterocycles. The van der Waals surface area contributed by atoms with Crippen molar-refractivity contribution in [3.05, 3.63) is 11.8 Å². The van der Waals surface area contributed by atoms with Crippen molar-refractivity contribution >= 4 is 21.8 Å². The van der Waals surface area contributed by atoms with Gasteiger partial charge < -0.3 is 21.1 Å². The molecule has 0 aromatic heterocycles. The lowest BCUT2D eigenvalue weighted by Crippen LogP contribution is -2.50. The molecule has 22 heavy (non-hydrogen) atoms. The van der Waals surface area contributed by atoms with E-state index in [4.69, 9.17) is 10.9 Å². The van der Waals surface area contributed by atoms with E-state index in [1.54, 1.807) is 18.1 Å². The number of aliphatic hydroxyl groups is 1. The van der Waals surface area contributed by atoms with Crippen molar-refractivity contribution in [3.63, 3.8) is 0 Å². The van der Waals surface area contributed by atoms with Crippen LogP contribution in [0.1, 0.15) is 6.42 Å². The van der Waals surface area contributed by atoms with E-state index in [0.29, 0.717) is 12.1 Å². The van der Waals surface area contributed by atoms with Crippen LogP contribution in [-0.4, -0.2) is 61.7 Å². The summed E-state index contributed by atoms with van der Waals surface area (Å²) in [6, 6.07) is -0.648. The molecule has 1 saturated carbocycles. The Morgan fingerprint density at radius 3 is 2.68 bits per heavy atom. The summed E-state index contributed by atoms with van der Waals surface area (Å²) < 4.78 is 21.9. The van der Waals surface area contributed by atoms with Gasteiger partial charge in [-0.1, -0.05) is 0 Å². The summed E-state index contributed by atoms with van der Waals surface area (Å²) in [5.74, 6) is -2.67. The molecule has 1 aliphatic carbocycles. The van der Waals surface area contributed by atoms with E-state index >= 15 is 0 Å². The van der Waals surface area contributed by atoms with Gasteiger partial charge in [0.1, 0.15) is 5.75 Å². The summed E-state index contributed by atoms with van der Waals surface area (Å²) >= 11 is 0. The van der Waals surface area contributed by atoms with Crippen molar-refractivity contribution in [1.82, 2.24) is 10.2 Å². The van der Waals surface area contributed by atoms with Crippen molar-refractivity contribution in [3.8, 4) is 0 Å². The fourth-order valence-electron chi connectivity index (χ4n) is 3.29. The molecule has 10 heteroatoms. The second kappa shape index (κ2) is 5.86. The molecule has 124 valence electrons. The Morgan fingerprint density at radius 1 is 1.50 bits per heavy atom. The van der Waals surface area contributed by atoms with Crippen molar-refractivity contribution in [2.45, 2.75) is 18.6 Å². The number of sulfonamides is 1. The number of fused-ring (bicyclic) bond motifs is 1. The maximum Gasteiger partial charge on any atom is 0.246 e. The third-order valence-electron chi connectivity index (χ3n) is 4.09. The smallest absolute Gasteiger partial charge is 0.246 e. The normalized spacial score (nSPS) is 31.4. The number of rotatable bonds is 4. The molecular formula is C12H20N4O5S. The highest BCUT2D eigenvalue weighted by Crippen LogP contribution is 2.40. The van der Waals surface area contributed by atoms with Crippen LogP contribution in [0.5, 0.6) is 0 Å². The highest BCUT2D eigenvalue weighted by Gasteiger charge is 2.47. The van der Waals surface area contributed by atoms with Gasteiger partial charge in [0, 0.05) is 31.3 Å². The minimum absolute atomic E-state index is 0.225. The number of amides is 2. The molecule has 2 rings (SSSR count). The Morgan fingerprint density at radius 2 is 2.14 bits per heavy atom. The fourth-order valence-corrected chi connectivity index (χ4v) is 3.74. The fraction of sp³-hybridized carbons (Fsp3) is 0.667. The molecule has 0 bridgehead atoms. The van der Waals surface area contributed by atoms with Gasteiger partial charge in [0.2, 0.25) is 21.8 Å². The Balaban J connectivity index is 2.16. The average molecular weight is 332 g/mol. The highest BCUT2D eigenvalue weighted by molar-refractivity contribution is 7.89. The van der Waals surface area contributed by atoms with E-state index in [9.17, 15) is 23.1 Å². The zero-order chi connectivity index (χ0) is 16.7. The lowest BCUT2D eigenvalue weighted by molar-refractivity contribution is -0.120. The molecule has 2 aliphatic rings. The van der Waals surface area contributed by atoms with Gasteiger partial charge in [-0.15, -0.1) is 0 Å². The van der Waals surface area contributed by atoms with Crippen LogP contribution in [0.3, 0.4) is 0 Å². The topological polar surface area (TPSA) is 156 Å². The molecule has 0 radical (unpaired) electrons. The summed E-state index contributed by atoms with van der Waals surface area (Å²) in [5.41, 5.74) is 5.77. The van der Waals surface area contributed by atoms with Gasteiger partial charge in [-0.3, -0.25) is 9.59 Å². The van der Waals surface area contributed by atoms with Crippen LogP contribution in [0.2, 0.25) is 0 Å². The number of carbonyl (C=O) groups is 2. The Labute approximate surface area is 128 Å². The van der Waals surface area contributed by atoms with E-state index in [2.05, 4.69) is 5.32 Å². The van der Waals surface area contributed by atoms with Gasteiger partial charge in [-0.25, -0.2) is 13.6 Å². The molecule has 1 aliphatic heterocycles. The number of nitrogens with one attached hydrogen (secondary N) is 1. The Bertz CT molecular complexity index is 617. The molecule has 0 aromatic rings. The predicted molar refractivity (Wildman–Crippen MR) is 77.4 cm³/mol. The number of hydrogen-bond acceptors (Lipinski definition) is 6. The minimum atomic E-state index is -3.94. The molecule has 6 N–H and O–H groups in total. The number of aliphatic hydroxyl groups excluding tert-OH is 1. The molecule has 4 unspecified atom stereocenters. The second-order valence-corrected chi connectivity index (χ2v) is 7.48. The van der Waals surface area contributed by atoms with Gasteiger partial charge in [0.25, 0.3) is 0 Å². The van der Waals surface area contributed by atoms with Crippen LogP contribution in [0.25, 0.3) is 0 Å². The summed E-state index contributed by atoms with van der Waals surface area (Å²) in [5, 5.41) is 17.5. The molecule has 0 aromatic carbocycles. The molecule has 2 amide bonds. The third-order valence-corrected chi connectivity index (χ3v) is 4.75. The Hall–Kier alpha value is -1.65. The predicted octanol–water partition coefficient (Wildman–Crippen LogP) is -2.93. The van der Waals surface area contributed by atoms with Crippen molar-refractivity contribution in [2.24, 2.45) is 22.7 Å². The molecule has 9 nitrogen and oxygen atoms in total. The van der Waals surface area contributed by atoms with Crippen LogP contribution >= 0.6 is 0 Å². The number of carbonyl (C=O) groups excluding carboxylic acids is 2. The monoisotopic (exact) mass is 332 g/mol. The van der Waals surface area contributed by atoms with Crippen LogP contribution in [0.4, 0.5) is 0 Å². The molecule has 0 saturated heterocycles. The van der Waals surface area contributed by atoms with Gasteiger partial charge in [0.15, 0.2) is 0 Å². The van der Waals surface area contributed by atoms with Gasteiger partial charge in [-0.2, -0.15) is 0 Å². The van der Waals surface area contributed by atoms with Gasteiger partial charge in [-0.05, 0) is 12.3 Å². The maximum absolute atomic E-state index is 11.7. The maximum atomic E-state index is 11.7. The number of nitrogens with two attached hydrogens (primary N) is 2. The van der Waals surface area contributed by atoms with E-state index < -0.39 is 39.7 Å². The second-order valence-electron chi connectivity index (χ2n) is 5.86. The van der Waals surface area contributed by atoms with Crippen LogP contribution < -0.4 is 16.2 Å². The lowest BCUT2D eigenvalue weighted by Gasteiger charge is -2.34. The number of primary sulfonamides is 1. The SMILES string of the molecule is CN1C=C(C(N)=O)C2CC(O)C(NC(=O)CS(N)(=O)=O)C2C1. The Kier molecular flexibility index (Phi) is 4.45. The summed E-state index contributed by atoms with van der Waals surface area (Å²) in [6.45, 7) is 0.513. The van der Waals surface area contributed by atoms with E-state index in [-0.39, 0.29) is 18.3 Å². The van der Waals surface area contributed by atoms with Crippen LogP contribution in [0, 0.1) is 11.8 Å². The summed E-state index contributed by atoms with van der Waals surface area (Å²) in [7, 11) is -2.18. The van der Waals surface area contributed by atoms with E-state index in [1.807, 2.05) is 0 Å². The minimum Gasteiger partial charge on any atom is -0.391 e. The molecule has 0 spiro atoms. The quantitative estimate of drug-likeness (QED) is 0.432. The lowest BCUT2D eigenvalue weighted by atomic mass is 9.84. The summed E-state index contributed by atoms with van der Waals surface area (Å²) in [4.78, 5) is 25.0. The largest absolute Gasteiger partial charge is 0.391 e. The first-order valence-corrected chi connectivity index (χ1v) is 8.49. The molecule has 4 atom stereocenters.